The maximum Gasteiger partial charge on any atom is 0.398 e. The zero-order valence-corrected chi connectivity index (χ0v) is 14.3. The van der Waals surface area contributed by atoms with Crippen LogP contribution >= 0.6 is 11.6 Å². The van der Waals surface area contributed by atoms with Gasteiger partial charge >= 0.3 is 6.18 Å². The van der Waals surface area contributed by atoms with Crippen LogP contribution in [0, 0.1) is 5.82 Å². The number of aromatic nitrogens is 1. The third-order valence-electron chi connectivity index (χ3n) is 3.74. The molecule has 0 aliphatic heterocycles. The van der Waals surface area contributed by atoms with Crippen molar-refractivity contribution in [3.63, 3.8) is 0 Å². The van der Waals surface area contributed by atoms with Gasteiger partial charge in [0.05, 0.1) is 11.3 Å². The molecule has 8 heteroatoms. The van der Waals surface area contributed by atoms with E-state index in [1.165, 1.54) is 38.1 Å². The Hall–Kier alpha value is -1.70. The minimum atomic E-state index is -4.65. The van der Waals surface area contributed by atoms with Crippen molar-refractivity contribution in [2.75, 3.05) is 6.54 Å². The van der Waals surface area contributed by atoms with Gasteiger partial charge in [0, 0.05) is 22.7 Å². The molecule has 2 aromatic rings. The molecule has 0 aliphatic carbocycles. The van der Waals surface area contributed by atoms with Gasteiger partial charge in [0.1, 0.15) is 11.6 Å². The van der Waals surface area contributed by atoms with Gasteiger partial charge in [-0.05, 0) is 32.0 Å². The molecular formula is C17H17ClF4N2O. The highest BCUT2D eigenvalue weighted by Crippen LogP contribution is 2.37. The zero-order chi connectivity index (χ0) is 19.0. The molecule has 0 fully saturated rings. The van der Waals surface area contributed by atoms with Crippen LogP contribution in [0.1, 0.15) is 31.0 Å². The summed E-state index contributed by atoms with van der Waals surface area (Å²) >= 11 is 5.79. The minimum absolute atomic E-state index is 0.243. The standard InChI is InChI=1S/C17H17ClF4N2O/c1-16(2,25)11-7-13(12(8-23)17(20,21)22)24-15(14(11)19)9-3-5-10(18)6-4-9/h3-7,12,25H,8,23H2,1-2H3/t12-/m0/s1. The molecule has 0 saturated carbocycles. The Kier molecular flexibility index (Phi) is 5.41. The van der Waals surface area contributed by atoms with Gasteiger partial charge in [-0.3, -0.25) is 0 Å². The predicted molar refractivity (Wildman–Crippen MR) is 87.7 cm³/mol. The molecule has 1 aromatic heterocycles. The van der Waals surface area contributed by atoms with Crippen molar-refractivity contribution in [1.82, 2.24) is 4.98 Å². The maximum absolute atomic E-state index is 14.8. The number of hydrogen-bond acceptors (Lipinski definition) is 3. The number of rotatable bonds is 4. The molecule has 0 aliphatic rings. The van der Waals surface area contributed by atoms with Crippen molar-refractivity contribution < 1.29 is 22.7 Å². The Balaban J connectivity index is 2.74. The van der Waals surface area contributed by atoms with E-state index >= 15 is 0 Å². The van der Waals surface area contributed by atoms with Gasteiger partial charge in [-0.2, -0.15) is 13.2 Å². The molecule has 2 rings (SSSR count). The molecule has 0 radical (unpaired) electrons. The van der Waals surface area contributed by atoms with Crippen LogP contribution in [0.4, 0.5) is 17.6 Å². The van der Waals surface area contributed by atoms with Gasteiger partial charge < -0.3 is 10.8 Å². The molecule has 0 bridgehead atoms. The van der Waals surface area contributed by atoms with Gasteiger partial charge in [-0.1, -0.05) is 23.7 Å². The van der Waals surface area contributed by atoms with Crippen molar-refractivity contribution in [2.45, 2.75) is 31.5 Å². The van der Waals surface area contributed by atoms with Crippen LogP contribution < -0.4 is 5.73 Å². The lowest BCUT2D eigenvalue weighted by molar-refractivity contribution is -0.148. The molecule has 1 heterocycles. The summed E-state index contributed by atoms with van der Waals surface area (Å²) in [6, 6.07) is 6.74. The van der Waals surface area contributed by atoms with Gasteiger partial charge in [-0.25, -0.2) is 9.37 Å². The van der Waals surface area contributed by atoms with Crippen molar-refractivity contribution >= 4 is 11.6 Å². The SMILES string of the molecule is CC(C)(O)c1cc([C@H](CN)C(F)(F)F)nc(-c2ccc(Cl)cc2)c1F. The minimum Gasteiger partial charge on any atom is -0.386 e. The lowest BCUT2D eigenvalue weighted by atomic mass is 9.92. The van der Waals surface area contributed by atoms with Crippen molar-refractivity contribution in [3.05, 3.63) is 52.4 Å². The van der Waals surface area contributed by atoms with Gasteiger partial charge in [0.2, 0.25) is 0 Å². The number of nitrogens with two attached hydrogens (primary N) is 1. The smallest absolute Gasteiger partial charge is 0.386 e. The Morgan fingerprint density at radius 3 is 2.20 bits per heavy atom. The summed E-state index contributed by atoms with van der Waals surface area (Å²) < 4.78 is 54.5. The molecule has 3 N–H and O–H groups in total. The van der Waals surface area contributed by atoms with E-state index in [9.17, 15) is 22.7 Å². The maximum atomic E-state index is 14.8. The molecule has 1 aromatic carbocycles. The summed E-state index contributed by atoms with van der Waals surface area (Å²) in [6.45, 7) is 1.82. The fourth-order valence-corrected chi connectivity index (χ4v) is 2.52. The highest BCUT2D eigenvalue weighted by Gasteiger charge is 2.42. The number of halogens is 5. The first kappa shape index (κ1) is 19.6. The molecule has 0 spiro atoms. The third kappa shape index (κ3) is 4.29. The van der Waals surface area contributed by atoms with Crippen LogP contribution in [0.3, 0.4) is 0 Å². The topological polar surface area (TPSA) is 59.1 Å². The van der Waals surface area contributed by atoms with E-state index in [1.54, 1.807) is 0 Å². The van der Waals surface area contributed by atoms with Gasteiger partial charge in [0.15, 0.2) is 5.82 Å². The summed E-state index contributed by atoms with van der Waals surface area (Å²) in [6.07, 6.45) is -4.65. The summed E-state index contributed by atoms with van der Waals surface area (Å²) in [7, 11) is 0. The van der Waals surface area contributed by atoms with Gasteiger partial charge in [-0.15, -0.1) is 0 Å². The van der Waals surface area contributed by atoms with Crippen molar-refractivity contribution in [2.24, 2.45) is 5.73 Å². The lowest BCUT2D eigenvalue weighted by Crippen LogP contribution is -2.30. The molecule has 0 saturated heterocycles. The van der Waals surface area contributed by atoms with Crippen LogP contribution in [0.25, 0.3) is 11.3 Å². The van der Waals surface area contributed by atoms with E-state index in [0.717, 1.165) is 6.07 Å². The second kappa shape index (κ2) is 6.90. The first-order chi connectivity index (χ1) is 11.4. The predicted octanol–water partition coefficient (Wildman–Crippen LogP) is 4.37. The number of pyridine rings is 1. The van der Waals surface area contributed by atoms with Crippen LogP contribution in [0.15, 0.2) is 30.3 Å². The Morgan fingerprint density at radius 1 is 1.20 bits per heavy atom. The molecule has 136 valence electrons. The second-order valence-electron chi connectivity index (χ2n) is 6.15. The average molecular weight is 377 g/mol. The summed E-state index contributed by atoms with van der Waals surface area (Å²) in [5, 5.41) is 10.6. The lowest BCUT2D eigenvalue weighted by Gasteiger charge is -2.24. The van der Waals surface area contributed by atoms with E-state index in [4.69, 9.17) is 17.3 Å². The highest BCUT2D eigenvalue weighted by molar-refractivity contribution is 6.30. The van der Waals surface area contributed by atoms with E-state index in [1.807, 2.05) is 0 Å². The Labute approximate surface area is 147 Å². The summed E-state index contributed by atoms with van der Waals surface area (Å²) in [5.41, 5.74) is 2.78. The van der Waals surface area contributed by atoms with Crippen molar-refractivity contribution in [1.29, 1.82) is 0 Å². The third-order valence-corrected chi connectivity index (χ3v) is 3.99. The monoisotopic (exact) mass is 376 g/mol. The number of benzene rings is 1. The fraction of sp³-hybridized carbons (Fsp3) is 0.353. The molecular weight excluding hydrogens is 360 g/mol. The quantitative estimate of drug-likeness (QED) is 0.779. The number of hydrogen-bond donors (Lipinski definition) is 2. The molecule has 0 unspecified atom stereocenters. The van der Waals surface area contributed by atoms with E-state index < -0.39 is 35.8 Å². The van der Waals surface area contributed by atoms with Crippen LogP contribution in [-0.4, -0.2) is 22.8 Å². The van der Waals surface area contributed by atoms with E-state index in [2.05, 4.69) is 4.98 Å². The van der Waals surface area contributed by atoms with E-state index in [0.29, 0.717) is 5.02 Å². The number of nitrogens with zero attached hydrogens (tertiary/aromatic N) is 1. The Morgan fingerprint density at radius 2 is 1.76 bits per heavy atom. The number of aliphatic hydroxyl groups is 1. The first-order valence-corrected chi connectivity index (χ1v) is 7.79. The Bertz CT molecular complexity index is 755. The molecule has 0 amide bonds. The normalized spacial score (nSPS) is 13.8. The molecule has 3 nitrogen and oxygen atoms in total. The van der Waals surface area contributed by atoms with Crippen LogP contribution in [-0.2, 0) is 5.60 Å². The number of alkyl halides is 3. The van der Waals surface area contributed by atoms with E-state index in [-0.39, 0.29) is 16.8 Å². The van der Waals surface area contributed by atoms with Crippen LogP contribution in [0.2, 0.25) is 5.02 Å². The zero-order valence-electron chi connectivity index (χ0n) is 13.5. The molecule has 1 atom stereocenters. The second-order valence-corrected chi connectivity index (χ2v) is 6.59. The average Bonchev–Trinajstić information content (AvgIpc) is 2.47. The van der Waals surface area contributed by atoms with Crippen molar-refractivity contribution in [3.8, 4) is 11.3 Å². The first-order valence-electron chi connectivity index (χ1n) is 7.41. The van der Waals surface area contributed by atoms with Crippen LogP contribution in [0.5, 0.6) is 0 Å². The largest absolute Gasteiger partial charge is 0.398 e. The summed E-state index contributed by atoms with van der Waals surface area (Å²) in [4.78, 5) is 3.85. The fourth-order valence-electron chi connectivity index (χ4n) is 2.39. The molecule has 25 heavy (non-hydrogen) atoms. The van der Waals surface area contributed by atoms with Gasteiger partial charge in [0.25, 0.3) is 0 Å². The summed E-state index contributed by atoms with van der Waals surface area (Å²) in [5.74, 6) is -2.96. The highest BCUT2D eigenvalue weighted by atomic mass is 35.5.